The largest absolute Gasteiger partial charge is 0.492 e. The van der Waals surface area contributed by atoms with Gasteiger partial charge in [0.1, 0.15) is 5.75 Å². The fraction of sp³-hybridized carbons (Fsp3) is 0.588. The van der Waals surface area contributed by atoms with E-state index in [4.69, 9.17) is 9.84 Å². The molecule has 0 atom stereocenters. The number of carbonyl (C=O) groups is 1. The number of rotatable bonds is 6. The normalized spacial score (nSPS) is 19.2. The summed E-state index contributed by atoms with van der Waals surface area (Å²) in [6, 6.07) is 7.54. The fourth-order valence-corrected chi connectivity index (χ4v) is 2.75. The van der Waals surface area contributed by atoms with Crippen molar-refractivity contribution in [2.45, 2.75) is 12.8 Å². The summed E-state index contributed by atoms with van der Waals surface area (Å²) in [5.41, 5.74) is 0.666. The van der Waals surface area contributed by atoms with Gasteiger partial charge in [0, 0.05) is 32.7 Å². The molecule has 1 aliphatic heterocycles. The number of hydrogen-bond donors (Lipinski definition) is 1. The van der Waals surface area contributed by atoms with Crippen molar-refractivity contribution in [3.63, 3.8) is 0 Å². The molecule has 1 heterocycles. The van der Waals surface area contributed by atoms with Gasteiger partial charge in [0.05, 0.1) is 18.8 Å². The average Bonchev–Trinajstić information content (AvgIpc) is 3.38. The first-order valence-corrected chi connectivity index (χ1v) is 8.12. The molecule has 5 nitrogen and oxygen atoms in total. The number of carbonyl (C=O) groups excluding carboxylic acids is 1. The standard InChI is InChI=1S/C17H24N2O3/c20-12-11-18-7-9-19(10-8-18)17(21)15-3-1-2-4-16(15)22-13-14-5-6-14/h1-4,14,20H,5-13H2. The highest BCUT2D eigenvalue weighted by atomic mass is 16.5. The van der Waals surface area contributed by atoms with Crippen molar-refractivity contribution in [1.82, 2.24) is 9.80 Å². The molecule has 3 rings (SSSR count). The summed E-state index contributed by atoms with van der Waals surface area (Å²) in [6.07, 6.45) is 2.48. The first kappa shape index (κ1) is 15.3. The third-order valence-electron chi connectivity index (χ3n) is 4.36. The van der Waals surface area contributed by atoms with Gasteiger partial charge in [-0.05, 0) is 30.9 Å². The average molecular weight is 304 g/mol. The highest BCUT2D eigenvalue weighted by Gasteiger charge is 2.26. The molecule has 120 valence electrons. The van der Waals surface area contributed by atoms with Crippen LogP contribution in [0.4, 0.5) is 0 Å². The van der Waals surface area contributed by atoms with Gasteiger partial charge in [0.15, 0.2) is 0 Å². The van der Waals surface area contributed by atoms with E-state index in [2.05, 4.69) is 4.90 Å². The van der Waals surface area contributed by atoms with Crippen molar-refractivity contribution < 1.29 is 14.6 Å². The molecule has 5 heteroatoms. The topological polar surface area (TPSA) is 53.0 Å². The lowest BCUT2D eigenvalue weighted by atomic mass is 10.1. The summed E-state index contributed by atoms with van der Waals surface area (Å²) in [6.45, 7) is 4.61. The Morgan fingerprint density at radius 2 is 1.91 bits per heavy atom. The fourth-order valence-electron chi connectivity index (χ4n) is 2.75. The smallest absolute Gasteiger partial charge is 0.257 e. The lowest BCUT2D eigenvalue weighted by Gasteiger charge is -2.34. The number of β-amino-alcohol motifs (C(OH)–C–C–N with tert-alkyl or cyclic N) is 1. The SMILES string of the molecule is O=C(c1ccccc1OCC1CC1)N1CCN(CCO)CC1. The van der Waals surface area contributed by atoms with Crippen LogP contribution in [0, 0.1) is 5.92 Å². The third-order valence-corrected chi connectivity index (χ3v) is 4.36. The van der Waals surface area contributed by atoms with Gasteiger partial charge in [0.2, 0.25) is 0 Å². The highest BCUT2D eigenvalue weighted by molar-refractivity contribution is 5.97. The molecule has 22 heavy (non-hydrogen) atoms. The summed E-state index contributed by atoms with van der Waals surface area (Å²) >= 11 is 0. The maximum Gasteiger partial charge on any atom is 0.257 e. The second-order valence-corrected chi connectivity index (χ2v) is 6.11. The summed E-state index contributed by atoms with van der Waals surface area (Å²) < 4.78 is 5.84. The van der Waals surface area contributed by atoms with Crippen LogP contribution >= 0.6 is 0 Å². The van der Waals surface area contributed by atoms with E-state index in [9.17, 15) is 4.79 Å². The van der Waals surface area contributed by atoms with E-state index >= 15 is 0 Å². The lowest BCUT2D eigenvalue weighted by molar-refractivity contribution is 0.0611. The van der Waals surface area contributed by atoms with Gasteiger partial charge >= 0.3 is 0 Å². The number of aliphatic hydroxyl groups is 1. The van der Waals surface area contributed by atoms with Crippen LogP contribution in [0.3, 0.4) is 0 Å². The van der Waals surface area contributed by atoms with Crippen molar-refractivity contribution >= 4 is 5.91 Å². The molecule has 0 aromatic heterocycles. The van der Waals surface area contributed by atoms with Crippen molar-refractivity contribution in [3.05, 3.63) is 29.8 Å². The van der Waals surface area contributed by atoms with Crippen LogP contribution in [0.5, 0.6) is 5.75 Å². The zero-order chi connectivity index (χ0) is 15.4. The molecule has 1 aromatic carbocycles. The Labute approximate surface area is 131 Å². The number of para-hydroxylation sites is 1. The number of amides is 1. The van der Waals surface area contributed by atoms with Gasteiger partial charge in [-0.15, -0.1) is 0 Å². The van der Waals surface area contributed by atoms with E-state index in [-0.39, 0.29) is 12.5 Å². The van der Waals surface area contributed by atoms with E-state index in [1.54, 1.807) is 0 Å². The maximum atomic E-state index is 12.7. The number of ether oxygens (including phenoxy) is 1. The molecular weight excluding hydrogens is 280 g/mol. The molecule has 1 aliphatic carbocycles. The van der Waals surface area contributed by atoms with Crippen LogP contribution in [0.2, 0.25) is 0 Å². The summed E-state index contributed by atoms with van der Waals surface area (Å²) in [5, 5.41) is 8.98. The minimum Gasteiger partial charge on any atom is -0.492 e. The van der Waals surface area contributed by atoms with Crippen LogP contribution in [0.1, 0.15) is 23.2 Å². The van der Waals surface area contributed by atoms with E-state index < -0.39 is 0 Å². The van der Waals surface area contributed by atoms with Crippen LogP contribution in [0.15, 0.2) is 24.3 Å². The Hall–Kier alpha value is -1.59. The molecule has 1 saturated carbocycles. The molecular formula is C17H24N2O3. The predicted molar refractivity (Wildman–Crippen MR) is 84.1 cm³/mol. The zero-order valence-corrected chi connectivity index (χ0v) is 12.9. The molecule has 1 aromatic rings. The third kappa shape index (κ3) is 3.78. The number of hydrogen-bond acceptors (Lipinski definition) is 4. The predicted octanol–water partition coefficient (Wildman–Crippen LogP) is 1.23. The Bertz CT molecular complexity index is 508. The molecule has 0 spiro atoms. The molecule has 0 unspecified atom stereocenters. The van der Waals surface area contributed by atoms with Gasteiger partial charge in [-0.3, -0.25) is 9.69 Å². The van der Waals surface area contributed by atoms with Crippen molar-refractivity contribution in [1.29, 1.82) is 0 Å². The second kappa shape index (κ2) is 7.11. The second-order valence-electron chi connectivity index (χ2n) is 6.11. The number of nitrogens with zero attached hydrogens (tertiary/aromatic N) is 2. The van der Waals surface area contributed by atoms with Gasteiger partial charge in [-0.2, -0.15) is 0 Å². The zero-order valence-electron chi connectivity index (χ0n) is 12.9. The number of benzene rings is 1. The molecule has 1 amide bonds. The molecule has 2 aliphatic rings. The Kier molecular flexibility index (Phi) is 4.95. The van der Waals surface area contributed by atoms with Crippen LogP contribution in [0.25, 0.3) is 0 Å². The van der Waals surface area contributed by atoms with E-state index in [1.807, 2.05) is 29.2 Å². The first-order chi connectivity index (χ1) is 10.8. The van der Waals surface area contributed by atoms with Crippen LogP contribution < -0.4 is 4.74 Å². The van der Waals surface area contributed by atoms with Crippen LogP contribution in [-0.4, -0.2) is 66.8 Å². The number of piperazine rings is 1. The number of aliphatic hydroxyl groups excluding tert-OH is 1. The Morgan fingerprint density at radius 1 is 1.18 bits per heavy atom. The molecule has 2 fully saturated rings. The maximum absolute atomic E-state index is 12.7. The molecule has 1 N–H and O–H groups in total. The van der Waals surface area contributed by atoms with Gasteiger partial charge in [0.25, 0.3) is 5.91 Å². The molecule has 0 bridgehead atoms. The van der Waals surface area contributed by atoms with Crippen molar-refractivity contribution in [3.8, 4) is 5.75 Å². The van der Waals surface area contributed by atoms with E-state index in [1.165, 1.54) is 12.8 Å². The summed E-state index contributed by atoms with van der Waals surface area (Å²) in [7, 11) is 0. The Balaban J connectivity index is 1.61. The molecule has 1 saturated heterocycles. The first-order valence-electron chi connectivity index (χ1n) is 8.12. The summed E-state index contributed by atoms with van der Waals surface area (Å²) in [5.74, 6) is 1.43. The minimum absolute atomic E-state index is 0.0510. The quantitative estimate of drug-likeness (QED) is 0.859. The van der Waals surface area contributed by atoms with Crippen LogP contribution in [-0.2, 0) is 0 Å². The van der Waals surface area contributed by atoms with E-state index in [0.29, 0.717) is 43.5 Å². The summed E-state index contributed by atoms with van der Waals surface area (Å²) in [4.78, 5) is 16.8. The van der Waals surface area contributed by atoms with Gasteiger partial charge < -0.3 is 14.7 Å². The Morgan fingerprint density at radius 3 is 2.59 bits per heavy atom. The molecule has 0 radical (unpaired) electrons. The van der Waals surface area contributed by atoms with Gasteiger partial charge in [-0.1, -0.05) is 12.1 Å². The lowest BCUT2D eigenvalue weighted by Crippen LogP contribution is -2.49. The van der Waals surface area contributed by atoms with Gasteiger partial charge in [-0.25, -0.2) is 0 Å². The van der Waals surface area contributed by atoms with Crippen molar-refractivity contribution in [2.75, 3.05) is 45.9 Å². The van der Waals surface area contributed by atoms with Crippen molar-refractivity contribution in [2.24, 2.45) is 5.92 Å². The van der Waals surface area contributed by atoms with E-state index in [0.717, 1.165) is 13.1 Å². The minimum atomic E-state index is 0.0510. The highest BCUT2D eigenvalue weighted by Crippen LogP contribution is 2.30. The monoisotopic (exact) mass is 304 g/mol.